The van der Waals surface area contributed by atoms with Crippen molar-refractivity contribution in [1.82, 2.24) is 4.98 Å². The highest BCUT2D eigenvalue weighted by Crippen LogP contribution is 2.38. The van der Waals surface area contributed by atoms with Crippen LogP contribution in [-0.2, 0) is 16.4 Å². The van der Waals surface area contributed by atoms with E-state index in [-0.39, 0.29) is 6.10 Å². The van der Waals surface area contributed by atoms with Crippen LogP contribution in [0.1, 0.15) is 68.6 Å². The van der Waals surface area contributed by atoms with E-state index in [2.05, 4.69) is 94.2 Å². The number of aryl methyl sites for hydroxylation is 1. The molecule has 2 atom stereocenters. The van der Waals surface area contributed by atoms with Crippen LogP contribution in [0.5, 0.6) is 0 Å². The lowest BCUT2D eigenvalue weighted by molar-refractivity contribution is -0.354. The number of benzene rings is 2. The monoisotopic (exact) mass is 468 g/mol. The molecule has 2 aliphatic rings. The fraction of sp³-hybridized carbons (Fsp3) is 0.387. The average molecular weight is 469 g/mol. The van der Waals surface area contributed by atoms with Crippen molar-refractivity contribution in [1.29, 1.82) is 0 Å². The fourth-order valence-corrected chi connectivity index (χ4v) is 6.04. The Balaban J connectivity index is 1.46. The van der Waals surface area contributed by atoms with Crippen LogP contribution in [0, 0.1) is 24.7 Å². The number of rotatable bonds is 6. The van der Waals surface area contributed by atoms with Gasteiger partial charge in [-0.25, -0.2) is 9.78 Å². The maximum absolute atomic E-state index is 6.06. The largest absolute Gasteiger partial charge is 0.358 e. The summed E-state index contributed by atoms with van der Waals surface area (Å²) >= 11 is 0. The summed E-state index contributed by atoms with van der Waals surface area (Å²) in [7, 11) is 0. The van der Waals surface area contributed by atoms with E-state index in [0.29, 0.717) is 18.4 Å². The molecule has 0 spiro atoms. The third-order valence-corrected chi connectivity index (χ3v) is 7.62. The third kappa shape index (κ3) is 4.78. The zero-order valence-corrected chi connectivity index (χ0v) is 21.5. The summed E-state index contributed by atoms with van der Waals surface area (Å²) in [5, 5.41) is 0. The van der Waals surface area contributed by atoms with Gasteiger partial charge in [-0.1, -0.05) is 75.4 Å². The van der Waals surface area contributed by atoms with Gasteiger partial charge < -0.3 is 4.98 Å². The molecule has 2 heterocycles. The van der Waals surface area contributed by atoms with E-state index in [1.165, 1.54) is 24.0 Å². The van der Waals surface area contributed by atoms with Crippen molar-refractivity contribution in [3.63, 3.8) is 0 Å². The Hall–Kier alpha value is -2.95. The van der Waals surface area contributed by atoms with Crippen molar-refractivity contribution in [2.45, 2.75) is 60.2 Å². The van der Waals surface area contributed by atoms with E-state index in [4.69, 9.17) is 14.8 Å². The van der Waals surface area contributed by atoms with Gasteiger partial charge in [0.2, 0.25) is 0 Å². The molecule has 1 aromatic heterocycles. The number of hydrogen-bond donors (Lipinski definition) is 1. The molecule has 5 rings (SSSR count). The molecule has 1 N–H and O–H groups in total. The van der Waals surface area contributed by atoms with E-state index in [9.17, 15) is 0 Å². The van der Waals surface area contributed by atoms with Gasteiger partial charge in [-0.2, -0.15) is 0 Å². The predicted molar refractivity (Wildman–Crippen MR) is 144 cm³/mol. The molecule has 2 aromatic carbocycles. The minimum Gasteiger partial charge on any atom is -0.358 e. The minimum absolute atomic E-state index is 0.138. The van der Waals surface area contributed by atoms with Crippen LogP contribution < -0.4 is 0 Å². The summed E-state index contributed by atoms with van der Waals surface area (Å²) in [4.78, 5) is 20.5. The van der Waals surface area contributed by atoms with Crippen molar-refractivity contribution in [2.75, 3.05) is 0 Å². The molecule has 3 aromatic rings. The first-order valence-electron chi connectivity index (χ1n) is 12.8. The maximum atomic E-state index is 6.06. The number of H-pyrrole nitrogens is 1. The van der Waals surface area contributed by atoms with Crippen LogP contribution in [0.4, 0.5) is 0 Å². The van der Waals surface area contributed by atoms with Crippen molar-refractivity contribution in [2.24, 2.45) is 22.7 Å². The van der Waals surface area contributed by atoms with Crippen LogP contribution >= 0.6 is 0 Å². The van der Waals surface area contributed by atoms with Gasteiger partial charge in [-0.15, -0.1) is 0 Å². The summed E-state index contributed by atoms with van der Waals surface area (Å²) in [5.41, 5.74) is 9.97. The number of aromatic nitrogens is 1. The molecule has 0 amide bonds. The van der Waals surface area contributed by atoms with Crippen LogP contribution in [0.3, 0.4) is 0 Å². The average Bonchev–Trinajstić information content (AvgIpc) is 3.32. The summed E-state index contributed by atoms with van der Waals surface area (Å²) in [6.45, 7) is 11.5. The number of nitrogens with one attached hydrogen (secondary N) is 1. The second-order valence-corrected chi connectivity index (χ2v) is 10.5. The first kappa shape index (κ1) is 23.8. The van der Waals surface area contributed by atoms with E-state index in [1.807, 2.05) is 6.07 Å². The van der Waals surface area contributed by atoms with Crippen molar-refractivity contribution in [3.8, 4) is 11.1 Å². The van der Waals surface area contributed by atoms with Crippen LogP contribution in [-0.4, -0.2) is 16.8 Å². The van der Waals surface area contributed by atoms with Crippen LogP contribution in [0.15, 0.2) is 59.6 Å². The highest BCUT2D eigenvalue weighted by atomic mass is 17.2. The van der Waals surface area contributed by atoms with E-state index < -0.39 is 0 Å². The Morgan fingerprint density at radius 2 is 1.57 bits per heavy atom. The highest BCUT2D eigenvalue weighted by Gasteiger charge is 2.33. The summed E-state index contributed by atoms with van der Waals surface area (Å²) < 4.78 is 0. The zero-order chi connectivity index (χ0) is 24.5. The minimum atomic E-state index is 0.138. The Kier molecular flexibility index (Phi) is 6.77. The quantitative estimate of drug-likeness (QED) is 0.296. The lowest BCUT2D eigenvalue weighted by Gasteiger charge is -2.36. The fourth-order valence-electron chi connectivity index (χ4n) is 6.04. The van der Waals surface area contributed by atoms with Crippen LogP contribution in [0.2, 0.25) is 0 Å². The Morgan fingerprint density at radius 3 is 2.29 bits per heavy atom. The van der Waals surface area contributed by atoms with Gasteiger partial charge >= 0.3 is 0 Å². The highest BCUT2D eigenvalue weighted by molar-refractivity contribution is 6.12. The van der Waals surface area contributed by atoms with Gasteiger partial charge in [-0.3, -0.25) is 4.99 Å². The van der Waals surface area contributed by atoms with Gasteiger partial charge in [0.1, 0.15) is 6.61 Å². The van der Waals surface area contributed by atoms with Crippen LogP contribution in [0.25, 0.3) is 22.9 Å². The molecule has 2 unspecified atom stereocenters. The number of nitrogens with zero attached hydrogens (tertiary/aromatic N) is 1. The first-order valence-corrected chi connectivity index (χ1v) is 12.8. The molecular weight excluding hydrogens is 432 g/mol. The van der Waals surface area contributed by atoms with Crippen molar-refractivity contribution < 1.29 is 9.78 Å². The number of aliphatic imine (C=N–C) groups is 1. The lowest BCUT2D eigenvalue weighted by Crippen LogP contribution is -2.35. The number of aromatic amines is 1. The number of fused-ring (bicyclic) bond motifs is 1. The zero-order valence-electron chi connectivity index (χ0n) is 21.5. The SMILES string of the molecule is CC1=NC(=Cc2[nH]c(C)c(COOC3C(C)CC(C)CC3C)c2-c2ccccc2)c2ccccc21. The predicted octanol–water partition coefficient (Wildman–Crippen LogP) is 7.83. The van der Waals surface area contributed by atoms with Crippen molar-refractivity contribution in [3.05, 3.63) is 82.7 Å². The molecule has 0 saturated heterocycles. The van der Waals surface area contributed by atoms with E-state index >= 15 is 0 Å². The second-order valence-electron chi connectivity index (χ2n) is 10.5. The molecule has 4 heteroatoms. The van der Waals surface area contributed by atoms with Crippen molar-refractivity contribution >= 4 is 17.5 Å². The Morgan fingerprint density at radius 1 is 0.914 bits per heavy atom. The molecule has 182 valence electrons. The summed E-state index contributed by atoms with van der Waals surface area (Å²) in [5.74, 6) is 1.75. The van der Waals surface area contributed by atoms with Gasteiger partial charge in [0.25, 0.3) is 0 Å². The molecule has 1 saturated carbocycles. The molecule has 0 radical (unpaired) electrons. The Bertz CT molecular complexity index is 1240. The molecule has 1 aliphatic heterocycles. The van der Waals surface area contributed by atoms with E-state index in [1.54, 1.807) is 0 Å². The smallest absolute Gasteiger partial charge is 0.110 e. The first-order chi connectivity index (χ1) is 16.9. The standard InChI is InChI=1S/C31H36N2O2/c1-19-15-20(2)31(21(3)16-19)35-34-18-27-23(5)33-29(30(27)24-11-7-6-8-12-24)17-28-26-14-10-9-13-25(26)22(4)32-28/h6-14,17,19-21,31,33H,15-16,18H2,1-5H3. The number of hydrogen-bond acceptors (Lipinski definition) is 3. The van der Waals surface area contributed by atoms with E-state index in [0.717, 1.165) is 45.4 Å². The van der Waals surface area contributed by atoms with Gasteiger partial charge in [0, 0.05) is 39.4 Å². The summed E-state index contributed by atoms with van der Waals surface area (Å²) in [6, 6.07) is 18.9. The Labute approximate surface area is 209 Å². The topological polar surface area (TPSA) is 46.6 Å². The molecule has 1 aliphatic carbocycles. The van der Waals surface area contributed by atoms with Gasteiger partial charge in [0.05, 0.1) is 11.8 Å². The molecule has 4 nitrogen and oxygen atoms in total. The normalized spacial score (nSPS) is 25.1. The molecule has 0 bridgehead atoms. The molecular formula is C31H36N2O2. The van der Waals surface area contributed by atoms with Gasteiger partial charge in [0.15, 0.2) is 0 Å². The van der Waals surface area contributed by atoms with Gasteiger partial charge in [-0.05, 0) is 56.1 Å². The molecule has 35 heavy (non-hydrogen) atoms. The molecule has 1 fully saturated rings. The second kappa shape index (κ2) is 9.96. The third-order valence-electron chi connectivity index (χ3n) is 7.62. The summed E-state index contributed by atoms with van der Waals surface area (Å²) in [6.07, 6.45) is 4.69. The maximum Gasteiger partial charge on any atom is 0.110 e. The lowest BCUT2D eigenvalue weighted by atomic mass is 9.75.